The van der Waals surface area contributed by atoms with Gasteiger partial charge in [-0.05, 0) is 24.0 Å². The van der Waals surface area contributed by atoms with E-state index in [1.54, 1.807) is 0 Å². The monoisotopic (exact) mass is 504 g/mol. The molecule has 0 nitrogen and oxygen atoms in total. The Bertz CT molecular complexity index is 880. The molecule has 4 rings (SSSR count). The molecule has 0 N–H and O–H groups in total. The summed E-state index contributed by atoms with van der Waals surface area (Å²) in [4.78, 5) is 3.07. The minimum Gasteiger partial charge on any atom is -0.113 e. The Hall–Kier alpha value is -0.240. The SMILES string of the molecule is CCC1=C(SCc2ccccc2)SC(=C2SC(CC)=C(SCc3ccccc3)S2)S1. The van der Waals surface area contributed by atoms with Crippen LogP contribution in [0.5, 0.6) is 0 Å². The minimum atomic E-state index is 1.05. The smallest absolute Gasteiger partial charge is 0.0708 e. The summed E-state index contributed by atoms with van der Waals surface area (Å²) >= 11 is 12.0. The molecular formula is C24H24S6. The van der Waals surface area contributed by atoms with Gasteiger partial charge in [-0.2, -0.15) is 0 Å². The molecule has 2 aromatic carbocycles. The molecule has 0 bridgehead atoms. The van der Waals surface area contributed by atoms with Crippen molar-refractivity contribution in [3.63, 3.8) is 0 Å². The Balaban J connectivity index is 1.40. The maximum absolute atomic E-state index is 2.28. The first kappa shape index (κ1) is 22.9. The van der Waals surface area contributed by atoms with Crippen LogP contribution in [-0.4, -0.2) is 0 Å². The summed E-state index contributed by atoms with van der Waals surface area (Å²) in [6.07, 6.45) is 2.23. The van der Waals surface area contributed by atoms with Crippen molar-refractivity contribution in [3.05, 3.63) is 98.5 Å². The highest BCUT2D eigenvalue weighted by atomic mass is 32.2. The first-order chi connectivity index (χ1) is 14.8. The van der Waals surface area contributed by atoms with Crippen molar-refractivity contribution in [1.29, 1.82) is 0 Å². The molecule has 0 aliphatic carbocycles. The van der Waals surface area contributed by atoms with Gasteiger partial charge in [0.1, 0.15) is 0 Å². The average molecular weight is 505 g/mol. The van der Waals surface area contributed by atoms with Crippen molar-refractivity contribution < 1.29 is 0 Å². The number of thioether (sulfide) groups is 6. The summed E-state index contributed by atoms with van der Waals surface area (Å²) in [7, 11) is 0. The topological polar surface area (TPSA) is 0 Å². The lowest BCUT2D eigenvalue weighted by Gasteiger charge is -2.04. The van der Waals surface area contributed by atoms with E-state index in [1.165, 1.54) is 37.9 Å². The quantitative estimate of drug-likeness (QED) is 0.348. The summed E-state index contributed by atoms with van der Waals surface area (Å²) in [5, 5.41) is 0. The number of allylic oxidation sites excluding steroid dienone is 2. The van der Waals surface area contributed by atoms with E-state index in [0.717, 1.165) is 24.3 Å². The van der Waals surface area contributed by atoms with Crippen molar-refractivity contribution >= 4 is 70.6 Å². The number of benzene rings is 2. The highest BCUT2D eigenvalue weighted by Gasteiger charge is 2.29. The van der Waals surface area contributed by atoms with Gasteiger partial charge in [-0.3, -0.25) is 0 Å². The Kier molecular flexibility index (Phi) is 8.85. The van der Waals surface area contributed by atoms with Gasteiger partial charge in [0.15, 0.2) is 0 Å². The molecule has 0 amide bonds. The zero-order chi connectivity index (χ0) is 20.8. The molecule has 2 aliphatic heterocycles. The van der Waals surface area contributed by atoms with Crippen LogP contribution in [0.15, 0.2) is 87.4 Å². The first-order valence-corrected chi connectivity index (χ1v) is 15.3. The van der Waals surface area contributed by atoms with Gasteiger partial charge in [-0.25, -0.2) is 0 Å². The predicted octanol–water partition coefficient (Wildman–Crippen LogP) is 10.1. The Labute approximate surface area is 206 Å². The van der Waals surface area contributed by atoms with Crippen LogP contribution in [0.3, 0.4) is 0 Å². The second kappa shape index (κ2) is 11.6. The molecule has 0 aromatic heterocycles. The van der Waals surface area contributed by atoms with Crippen LogP contribution < -0.4 is 0 Å². The number of hydrogen-bond acceptors (Lipinski definition) is 6. The Morgan fingerprint density at radius 1 is 0.567 bits per heavy atom. The van der Waals surface area contributed by atoms with Gasteiger partial charge in [-0.1, -0.05) is 122 Å². The van der Waals surface area contributed by atoms with Gasteiger partial charge in [0.05, 0.1) is 16.9 Å². The standard InChI is InChI=1S/C24H24S6/c1-3-19-21(25-15-17-11-7-5-8-12-17)29-23(27-19)24-28-20(4-2)22(30-24)26-16-18-13-9-6-10-14-18/h5-14H,3-4,15-16H2,1-2H3. The van der Waals surface area contributed by atoms with Gasteiger partial charge in [0, 0.05) is 21.3 Å². The molecule has 0 atom stereocenters. The van der Waals surface area contributed by atoms with Gasteiger partial charge in [-0.15, -0.1) is 23.5 Å². The van der Waals surface area contributed by atoms with E-state index in [-0.39, 0.29) is 0 Å². The van der Waals surface area contributed by atoms with Crippen molar-refractivity contribution in [2.45, 2.75) is 38.2 Å². The Morgan fingerprint density at radius 2 is 0.967 bits per heavy atom. The van der Waals surface area contributed by atoms with Gasteiger partial charge >= 0.3 is 0 Å². The highest BCUT2D eigenvalue weighted by Crippen LogP contribution is 2.64. The van der Waals surface area contributed by atoms with Crippen molar-refractivity contribution in [2.75, 3.05) is 0 Å². The molecule has 156 valence electrons. The first-order valence-electron chi connectivity index (χ1n) is 10.0. The number of rotatable bonds is 8. The maximum Gasteiger partial charge on any atom is 0.0708 e. The van der Waals surface area contributed by atoms with Crippen LogP contribution in [-0.2, 0) is 11.5 Å². The molecular weight excluding hydrogens is 481 g/mol. The minimum absolute atomic E-state index is 1.05. The number of hydrogen-bond donors (Lipinski definition) is 0. The summed E-state index contributed by atoms with van der Waals surface area (Å²) in [6, 6.07) is 21.6. The fourth-order valence-electron chi connectivity index (χ4n) is 2.90. The lowest BCUT2D eigenvalue weighted by molar-refractivity contribution is 1.20. The zero-order valence-electron chi connectivity index (χ0n) is 17.1. The molecule has 2 heterocycles. The van der Waals surface area contributed by atoms with Crippen LogP contribution in [0, 0.1) is 0 Å². The third-order valence-corrected chi connectivity index (χ3v) is 13.6. The zero-order valence-corrected chi connectivity index (χ0v) is 22.0. The van der Waals surface area contributed by atoms with E-state index in [4.69, 9.17) is 0 Å². The summed E-state index contributed by atoms with van der Waals surface area (Å²) in [5.41, 5.74) is 2.80. The van der Waals surface area contributed by atoms with Crippen LogP contribution >= 0.6 is 70.6 Å². The normalized spacial score (nSPS) is 19.3. The van der Waals surface area contributed by atoms with E-state index in [1.807, 2.05) is 70.6 Å². The molecule has 0 saturated heterocycles. The van der Waals surface area contributed by atoms with Crippen molar-refractivity contribution in [1.82, 2.24) is 0 Å². The largest absolute Gasteiger partial charge is 0.113 e. The van der Waals surface area contributed by atoms with Crippen molar-refractivity contribution in [2.24, 2.45) is 0 Å². The molecule has 0 fully saturated rings. The molecule has 0 saturated carbocycles. The molecule has 2 aromatic rings. The highest BCUT2D eigenvalue weighted by molar-refractivity contribution is 8.40. The lowest BCUT2D eigenvalue weighted by Crippen LogP contribution is -1.79. The van der Waals surface area contributed by atoms with E-state index >= 15 is 0 Å². The van der Waals surface area contributed by atoms with E-state index < -0.39 is 0 Å². The molecule has 2 aliphatic rings. The maximum atomic E-state index is 2.28. The average Bonchev–Trinajstić information content (AvgIpc) is 3.41. The third kappa shape index (κ3) is 5.96. The molecule has 0 spiro atoms. The summed E-state index contributed by atoms with van der Waals surface area (Å²) in [6.45, 7) is 4.57. The van der Waals surface area contributed by atoms with Crippen LogP contribution in [0.4, 0.5) is 0 Å². The summed E-state index contributed by atoms with van der Waals surface area (Å²) < 4.78 is 5.97. The second-order valence-corrected chi connectivity index (χ2v) is 13.9. The second-order valence-electron chi connectivity index (χ2n) is 6.66. The van der Waals surface area contributed by atoms with Crippen LogP contribution in [0.25, 0.3) is 0 Å². The summed E-state index contributed by atoms with van der Waals surface area (Å²) in [5.74, 6) is 2.10. The van der Waals surface area contributed by atoms with E-state index in [2.05, 4.69) is 74.5 Å². The molecule has 0 unspecified atom stereocenters. The van der Waals surface area contributed by atoms with Crippen LogP contribution in [0.1, 0.15) is 37.8 Å². The van der Waals surface area contributed by atoms with E-state index in [9.17, 15) is 0 Å². The van der Waals surface area contributed by atoms with Gasteiger partial charge < -0.3 is 0 Å². The van der Waals surface area contributed by atoms with Gasteiger partial charge in [0.2, 0.25) is 0 Å². The lowest BCUT2D eigenvalue weighted by atomic mass is 10.2. The molecule has 30 heavy (non-hydrogen) atoms. The molecule has 0 radical (unpaired) electrons. The molecule has 6 heteroatoms. The fourth-order valence-corrected chi connectivity index (χ4v) is 11.8. The third-order valence-electron chi connectivity index (χ3n) is 4.49. The van der Waals surface area contributed by atoms with Crippen molar-refractivity contribution in [3.8, 4) is 0 Å². The predicted molar refractivity (Wildman–Crippen MR) is 147 cm³/mol. The van der Waals surface area contributed by atoms with Crippen LogP contribution in [0.2, 0.25) is 0 Å². The van der Waals surface area contributed by atoms with Gasteiger partial charge in [0.25, 0.3) is 0 Å². The van der Waals surface area contributed by atoms with E-state index in [0.29, 0.717) is 0 Å². The Morgan fingerprint density at radius 3 is 1.33 bits per heavy atom. The fraction of sp³-hybridized carbons (Fsp3) is 0.250.